The summed E-state index contributed by atoms with van der Waals surface area (Å²) >= 11 is 0. The van der Waals surface area contributed by atoms with Crippen LogP contribution in [-0.2, 0) is 6.42 Å². The number of furan rings is 1. The molecule has 0 radical (unpaired) electrons. The molecule has 0 amide bonds. The topological polar surface area (TPSA) is 25.2 Å². The molecule has 0 saturated carbocycles. The zero-order valence-electron chi connectivity index (χ0n) is 10.7. The molecule has 1 atom stereocenters. The van der Waals surface area contributed by atoms with E-state index in [2.05, 4.69) is 12.2 Å². The van der Waals surface area contributed by atoms with E-state index in [-0.39, 0.29) is 11.9 Å². The van der Waals surface area contributed by atoms with Gasteiger partial charge in [0.2, 0.25) is 0 Å². The summed E-state index contributed by atoms with van der Waals surface area (Å²) < 4.78 is 18.8. The van der Waals surface area contributed by atoms with Crippen LogP contribution < -0.4 is 5.32 Å². The maximum atomic E-state index is 13.3. The van der Waals surface area contributed by atoms with Crippen molar-refractivity contribution >= 4 is 0 Å². The standard InChI is InChI=1S/C15H18FNO/c1-3-14-13(8-9-18-14)15(17-4-2)11-6-5-7-12(16)10-11/h5-10,15,17H,3-4H2,1-2H3. The molecule has 2 aromatic rings. The average Bonchev–Trinajstić information content (AvgIpc) is 2.84. The number of hydrogen-bond acceptors (Lipinski definition) is 2. The lowest BCUT2D eigenvalue weighted by Gasteiger charge is -2.18. The Balaban J connectivity index is 2.39. The molecule has 18 heavy (non-hydrogen) atoms. The predicted octanol–water partition coefficient (Wildman–Crippen LogP) is 3.68. The van der Waals surface area contributed by atoms with Crippen LogP contribution in [0.5, 0.6) is 0 Å². The highest BCUT2D eigenvalue weighted by molar-refractivity contribution is 5.33. The van der Waals surface area contributed by atoms with Crippen molar-refractivity contribution in [1.82, 2.24) is 5.32 Å². The highest BCUT2D eigenvalue weighted by Crippen LogP contribution is 2.26. The first-order chi connectivity index (χ1) is 8.76. The lowest BCUT2D eigenvalue weighted by atomic mass is 9.98. The van der Waals surface area contributed by atoms with Crippen molar-refractivity contribution in [2.75, 3.05) is 6.54 Å². The Morgan fingerprint density at radius 1 is 1.28 bits per heavy atom. The Morgan fingerprint density at radius 3 is 2.78 bits per heavy atom. The SMILES string of the molecule is CCNC(c1cccc(F)c1)c1ccoc1CC. The molecule has 0 aliphatic heterocycles. The Kier molecular flexibility index (Phi) is 4.15. The fraction of sp³-hybridized carbons (Fsp3) is 0.333. The quantitative estimate of drug-likeness (QED) is 0.872. The van der Waals surface area contributed by atoms with Crippen molar-refractivity contribution in [2.24, 2.45) is 0 Å². The predicted molar refractivity (Wildman–Crippen MR) is 70.0 cm³/mol. The van der Waals surface area contributed by atoms with E-state index < -0.39 is 0 Å². The summed E-state index contributed by atoms with van der Waals surface area (Å²) in [6, 6.07) is 8.64. The summed E-state index contributed by atoms with van der Waals surface area (Å²) in [6.45, 7) is 4.91. The zero-order chi connectivity index (χ0) is 13.0. The Labute approximate surface area is 107 Å². The number of benzene rings is 1. The van der Waals surface area contributed by atoms with Gasteiger partial charge in [-0.15, -0.1) is 0 Å². The first-order valence-corrected chi connectivity index (χ1v) is 6.31. The molecule has 3 heteroatoms. The second-order valence-electron chi connectivity index (χ2n) is 4.20. The van der Waals surface area contributed by atoms with E-state index in [0.717, 1.165) is 29.9 Å². The Hall–Kier alpha value is -1.61. The van der Waals surface area contributed by atoms with Gasteiger partial charge in [-0.1, -0.05) is 26.0 Å². The third-order valence-electron chi connectivity index (χ3n) is 3.00. The van der Waals surface area contributed by atoms with Crippen LogP contribution >= 0.6 is 0 Å². The fourth-order valence-electron chi connectivity index (χ4n) is 2.19. The summed E-state index contributed by atoms with van der Waals surface area (Å²) in [7, 11) is 0. The second kappa shape index (κ2) is 5.83. The molecule has 0 saturated heterocycles. The zero-order valence-corrected chi connectivity index (χ0v) is 10.7. The molecule has 1 aromatic carbocycles. The van der Waals surface area contributed by atoms with E-state index in [4.69, 9.17) is 4.42 Å². The summed E-state index contributed by atoms with van der Waals surface area (Å²) in [5.74, 6) is 0.738. The highest BCUT2D eigenvalue weighted by atomic mass is 19.1. The van der Waals surface area contributed by atoms with Gasteiger partial charge in [-0.25, -0.2) is 4.39 Å². The molecule has 0 aliphatic carbocycles. The molecule has 2 nitrogen and oxygen atoms in total. The van der Waals surface area contributed by atoms with Gasteiger partial charge in [-0.3, -0.25) is 0 Å². The fourth-order valence-corrected chi connectivity index (χ4v) is 2.19. The lowest BCUT2D eigenvalue weighted by molar-refractivity contribution is 0.501. The second-order valence-corrected chi connectivity index (χ2v) is 4.20. The summed E-state index contributed by atoms with van der Waals surface area (Å²) in [6.07, 6.45) is 2.53. The molecular weight excluding hydrogens is 229 g/mol. The van der Waals surface area contributed by atoms with Gasteiger partial charge >= 0.3 is 0 Å². The molecule has 1 aromatic heterocycles. The molecule has 1 unspecified atom stereocenters. The Morgan fingerprint density at radius 2 is 2.11 bits per heavy atom. The van der Waals surface area contributed by atoms with Gasteiger partial charge in [0.25, 0.3) is 0 Å². The van der Waals surface area contributed by atoms with Crippen molar-refractivity contribution in [1.29, 1.82) is 0 Å². The normalized spacial score (nSPS) is 12.6. The van der Waals surface area contributed by atoms with Crippen molar-refractivity contribution in [3.05, 3.63) is 59.3 Å². The third kappa shape index (κ3) is 2.62. The van der Waals surface area contributed by atoms with Crippen molar-refractivity contribution in [2.45, 2.75) is 26.3 Å². The number of hydrogen-bond donors (Lipinski definition) is 1. The number of aryl methyl sites for hydroxylation is 1. The van der Waals surface area contributed by atoms with E-state index in [9.17, 15) is 4.39 Å². The molecular formula is C15H18FNO. The molecule has 1 N–H and O–H groups in total. The lowest BCUT2D eigenvalue weighted by Crippen LogP contribution is -2.22. The molecule has 0 aliphatic rings. The maximum Gasteiger partial charge on any atom is 0.123 e. The molecule has 0 bridgehead atoms. The highest BCUT2D eigenvalue weighted by Gasteiger charge is 2.18. The smallest absolute Gasteiger partial charge is 0.123 e. The van der Waals surface area contributed by atoms with Gasteiger partial charge in [0.05, 0.1) is 12.3 Å². The van der Waals surface area contributed by atoms with Crippen LogP contribution in [0, 0.1) is 5.82 Å². The van der Waals surface area contributed by atoms with E-state index in [0.29, 0.717) is 0 Å². The number of halogens is 1. The van der Waals surface area contributed by atoms with Gasteiger partial charge in [-0.05, 0) is 30.3 Å². The van der Waals surface area contributed by atoms with Crippen LogP contribution in [0.15, 0.2) is 41.0 Å². The number of nitrogens with one attached hydrogen (secondary N) is 1. The van der Waals surface area contributed by atoms with Gasteiger partial charge in [0.15, 0.2) is 0 Å². The van der Waals surface area contributed by atoms with E-state index in [1.54, 1.807) is 18.4 Å². The van der Waals surface area contributed by atoms with Gasteiger partial charge in [-0.2, -0.15) is 0 Å². The first kappa shape index (κ1) is 12.8. The average molecular weight is 247 g/mol. The van der Waals surface area contributed by atoms with Crippen molar-refractivity contribution in [3.63, 3.8) is 0 Å². The van der Waals surface area contributed by atoms with E-state index >= 15 is 0 Å². The van der Waals surface area contributed by atoms with Crippen LogP contribution in [0.2, 0.25) is 0 Å². The number of rotatable bonds is 5. The van der Waals surface area contributed by atoms with Gasteiger partial charge in [0, 0.05) is 12.0 Å². The summed E-state index contributed by atoms with van der Waals surface area (Å²) in [5, 5.41) is 3.38. The van der Waals surface area contributed by atoms with E-state index in [1.807, 2.05) is 19.1 Å². The first-order valence-electron chi connectivity index (χ1n) is 6.31. The molecule has 2 rings (SSSR count). The monoisotopic (exact) mass is 247 g/mol. The van der Waals surface area contributed by atoms with Crippen molar-refractivity contribution < 1.29 is 8.81 Å². The van der Waals surface area contributed by atoms with Crippen LogP contribution in [0.1, 0.15) is 36.8 Å². The molecule has 96 valence electrons. The largest absolute Gasteiger partial charge is 0.469 e. The maximum absolute atomic E-state index is 13.3. The minimum Gasteiger partial charge on any atom is -0.469 e. The molecule has 0 spiro atoms. The summed E-state index contributed by atoms with van der Waals surface area (Å²) in [5.41, 5.74) is 2.01. The minimum atomic E-state index is -0.211. The third-order valence-corrected chi connectivity index (χ3v) is 3.00. The van der Waals surface area contributed by atoms with Crippen LogP contribution in [0.25, 0.3) is 0 Å². The van der Waals surface area contributed by atoms with Crippen molar-refractivity contribution in [3.8, 4) is 0 Å². The molecule has 1 heterocycles. The summed E-state index contributed by atoms with van der Waals surface area (Å²) in [4.78, 5) is 0. The Bertz CT molecular complexity index is 507. The van der Waals surface area contributed by atoms with Crippen LogP contribution in [0.3, 0.4) is 0 Å². The van der Waals surface area contributed by atoms with Gasteiger partial charge in [0.1, 0.15) is 11.6 Å². The van der Waals surface area contributed by atoms with Crippen LogP contribution in [0.4, 0.5) is 4.39 Å². The molecule has 0 fully saturated rings. The van der Waals surface area contributed by atoms with Gasteiger partial charge < -0.3 is 9.73 Å². The minimum absolute atomic E-state index is 0.0144. The van der Waals surface area contributed by atoms with E-state index in [1.165, 1.54) is 6.07 Å². The van der Waals surface area contributed by atoms with Crippen LogP contribution in [-0.4, -0.2) is 6.54 Å².